The van der Waals surface area contributed by atoms with Crippen LogP contribution >= 0.6 is 11.3 Å². The van der Waals surface area contributed by atoms with Gasteiger partial charge in [-0.05, 0) is 50.2 Å². The number of hydrogen-bond acceptors (Lipinski definition) is 5. The molecule has 0 bridgehead atoms. The van der Waals surface area contributed by atoms with E-state index in [1.807, 2.05) is 18.2 Å². The number of anilines is 1. The highest BCUT2D eigenvalue weighted by Gasteiger charge is 2.26. The van der Waals surface area contributed by atoms with E-state index < -0.39 is 0 Å². The first-order valence-electron chi connectivity index (χ1n) is 8.85. The average Bonchev–Trinajstić information content (AvgIpc) is 3.06. The molecule has 1 aromatic heterocycles. The van der Waals surface area contributed by atoms with Gasteiger partial charge in [0, 0.05) is 5.92 Å². The number of thiazole rings is 1. The lowest BCUT2D eigenvalue weighted by atomic mass is 9.96. The van der Waals surface area contributed by atoms with Gasteiger partial charge in [0.15, 0.2) is 0 Å². The lowest BCUT2D eigenvalue weighted by Gasteiger charge is -2.30. The number of aromatic nitrogens is 1. The maximum Gasteiger partial charge on any atom is 0.227 e. The molecule has 0 aliphatic carbocycles. The Kier molecular flexibility index (Phi) is 4.86. The molecule has 4 rings (SSSR count). The van der Waals surface area contributed by atoms with Crippen LogP contribution in [-0.2, 0) is 11.3 Å². The second-order valence-electron chi connectivity index (χ2n) is 6.63. The third-order valence-electron chi connectivity index (χ3n) is 4.82. The van der Waals surface area contributed by atoms with E-state index >= 15 is 0 Å². The highest BCUT2D eigenvalue weighted by Crippen LogP contribution is 2.27. The number of likely N-dealkylation sites (tertiary alicyclic amines) is 1. The fraction of sp³-hybridized carbons (Fsp3) is 0.300. The fourth-order valence-corrected chi connectivity index (χ4v) is 4.36. The van der Waals surface area contributed by atoms with Crippen molar-refractivity contribution in [2.24, 2.45) is 5.92 Å². The number of rotatable bonds is 4. The van der Waals surface area contributed by atoms with Gasteiger partial charge in [-0.15, -0.1) is 11.3 Å². The second kappa shape index (κ2) is 7.43. The van der Waals surface area contributed by atoms with Gasteiger partial charge in [-0.1, -0.05) is 24.3 Å². The predicted molar refractivity (Wildman–Crippen MR) is 104 cm³/mol. The normalized spacial score (nSPS) is 16.0. The summed E-state index contributed by atoms with van der Waals surface area (Å²) in [5, 5.41) is 13.8. The SMILES string of the molecule is O=C(Nc1ccccc1O)C1CCN(Cc2nc3ccccc3s2)CC1. The molecule has 2 heterocycles. The maximum atomic E-state index is 12.5. The fourth-order valence-electron chi connectivity index (χ4n) is 3.35. The number of phenolic OH excluding ortho intramolecular Hbond substituents is 1. The van der Waals surface area contributed by atoms with E-state index in [0.717, 1.165) is 43.0 Å². The van der Waals surface area contributed by atoms with E-state index in [1.54, 1.807) is 35.6 Å². The van der Waals surface area contributed by atoms with Crippen molar-refractivity contribution in [3.63, 3.8) is 0 Å². The number of amides is 1. The van der Waals surface area contributed by atoms with Crippen molar-refractivity contribution < 1.29 is 9.90 Å². The van der Waals surface area contributed by atoms with Crippen LogP contribution in [0.15, 0.2) is 48.5 Å². The number of piperidine rings is 1. The van der Waals surface area contributed by atoms with Crippen molar-refractivity contribution >= 4 is 33.1 Å². The summed E-state index contributed by atoms with van der Waals surface area (Å²) in [7, 11) is 0. The Labute approximate surface area is 156 Å². The molecule has 26 heavy (non-hydrogen) atoms. The molecular formula is C20H21N3O2S. The van der Waals surface area contributed by atoms with Crippen LogP contribution in [0.4, 0.5) is 5.69 Å². The molecule has 1 aliphatic rings. The van der Waals surface area contributed by atoms with E-state index in [1.165, 1.54) is 4.70 Å². The summed E-state index contributed by atoms with van der Waals surface area (Å²) in [6.45, 7) is 2.61. The Hall–Kier alpha value is -2.44. The van der Waals surface area contributed by atoms with Crippen LogP contribution in [0.5, 0.6) is 5.75 Å². The van der Waals surface area contributed by atoms with Crippen molar-refractivity contribution in [2.75, 3.05) is 18.4 Å². The summed E-state index contributed by atoms with van der Waals surface area (Å²) in [6, 6.07) is 15.0. The summed E-state index contributed by atoms with van der Waals surface area (Å²) >= 11 is 1.74. The third kappa shape index (κ3) is 3.71. The lowest BCUT2D eigenvalue weighted by molar-refractivity contribution is -0.121. The molecule has 0 spiro atoms. The van der Waals surface area contributed by atoms with Crippen LogP contribution in [0, 0.1) is 5.92 Å². The number of phenols is 1. The monoisotopic (exact) mass is 367 g/mol. The molecule has 0 atom stereocenters. The quantitative estimate of drug-likeness (QED) is 0.688. The number of nitrogens with one attached hydrogen (secondary N) is 1. The molecule has 2 aromatic carbocycles. The zero-order valence-corrected chi connectivity index (χ0v) is 15.2. The lowest BCUT2D eigenvalue weighted by Crippen LogP contribution is -2.37. The van der Waals surface area contributed by atoms with Gasteiger partial charge in [0.1, 0.15) is 10.8 Å². The Morgan fingerprint density at radius 2 is 1.88 bits per heavy atom. The molecule has 1 saturated heterocycles. The minimum Gasteiger partial charge on any atom is -0.506 e. The molecular weight excluding hydrogens is 346 g/mol. The topological polar surface area (TPSA) is 65.5 Å². The number of nitrogens with zero attached hydrogens (tertiary/aromatic N) is 2. The minimum absolute atomic E-state index is 0.00821. The number of para-hydroxylation sites is 3. The zero-order valence-electron chi connectivity index (χ0n) is 14.4. The molecule has 134 valence electrons. The third-order valence-corrected chi connectivity index (χ3v) is 5.84. The number of hydrogen-bond donors (Lipinski definition) is 2. The molecule has 0 saturated carbocycles. The smallest absolute Gasteiger partial charge is 0.227 e. The van der Waals surface area contributed by atoms with E-state index in [9.17, 15) is 9.90 Å². The summed E-state index contributed by atoms with van der Waals surface area (Å²) in [5.41, 5.74) is 1.54. The number of benzene rings is 2. The summed E-state index contributed by atoms with van der Waals surface area (Å²) in [6.07, 6.45) is 1.65. The zero-order chi connectivity index (χ0) is 17.9. The molecule has 1 aliphatic heterocycles. The molecule has 1 fully saturated rings. The maximum absolute atomic E-state index is 12.5. The van der Waals surface area contributed by atoms with Gasteiger partial charge in [-0.3, -0.25) is 9.69 Å². The number of carbonyl (C=O) groups is 1. The van der Waals surface area contributed by atoms with Crippen molar-refractivity contribution in [1.82, 2.24) is 9.88 Å². The first-order chi connectivity index (χ1) is 12.7. The first kappa shape index (κ1) is 17.0. The van der Waals surface area contributed by atoms with Crippen LogP contribution < -0.4 is 5.32 Å². The van der Waals surface area contributed by atoms with Crippen LogP contribution in [0.1, 0.15) is 17.8 Å². The van der Waals surface area contributed by atoms with Crippen molar-refractivity contribution in [3.8, 4) is 5.75 Å². The molecule has 6 heteroatoms. The van der Waals surface area contributed by atoms with Gasteiger partial charge in [-0.25, -0.2) is 4.98 Å². The van der Waals surface area contributed by atoms with E-state index in [-0.39, 0.29) is 17.6 Å². The van der Waals surface area contributed by atoms with Gasteiger partial charge >= 0.3 is 0 Å². The molecule has 1 amide bonds. The summed E-state index contributed by atoms with van der Waals surface area (Å²) < 4.78 is 1.22. The molecule has 0 unspecified atom stereocenters. The minimum atomic E-state index is -0.0128. The van der Waals surface area contributed by atoms with Gasteiger partial charge in [-0.2, -0.15) is 0 Å². The van der Waals surface area contributed by atoms with Gasteiger partial charge in [0.25, 0.3) is 0 Å². The molecule has 3 aromatic rings. The van der Waals surface area contributed by atoms with Crippen LogP contribution in [0.3, 0.4) is 0 Å². The largest absolute Gasteiger partial charge is 0.506 e. The van der Waals surface area contributed by atoms with E-state index in [4.69, 9.17) is 4.98 Å². The van der Waals surface area contributed by atoms with Gasteiger partial charge in [0.05, 0.1) is 22.4 Å². The number of carbonyl (C=O) groups excluding carboxylic acids is 1. The predicted octanol–water partition coefficient (Wildman–Crippen LogP) is 3.85. The van der Waals surface area contributed by atoms with Crippen molar-refractivity contribution in [1.29, 1.82) is 0 Å². The molecule has 5 nitrogen and oxygen atoms in total. The Bertz CT molecular complexity index is 883. The summed E-state index contributed by atoms with van der Waals surface area (Å²) in [5.74, 6) is 0.0847. The summed E-state index contributed by atoms with van der Waals surface area (Å²) in [4.78, 5) is 19.5. The van der Waals surface area contributed by atoms with Crippen LogP contribution in [0.2, 0.25) is 0 Å². The van der Waals surface area contributed by atoms with Crippen molar-refractivity contribution in [2.45, 2.75) is 19.4 Å². The molecule has 2 N–H and O–H groups in total. The number of fused-ring (bicyclic) bond motifs is 1. The number of aromatic hydroxyl groups is 1. The van der Waals surface area contributed by atoms with E-state index in [0.29, 0.717) is 5.69 Å². The Morgan fingerprint density at radius 1 is 1.15 bits per heavy atom. The Morgan fingerprint density at radius 3 is 2.65 bits per heavy atom. The van der Waals surface area contributed by atoms with Crippen LogP contribution in [-0.4, -0.2) is 34.0 Å². The molecule has 0 radical (unpaired) electrons. The van der Waals surface area contributed by atoms with Crippen molar-refractivity contribution in [3.05, 3.63) is 53.5 Å². The van der Waals surface area contributed by atoms with Crippen LogP contribution in [0.25, 0.3) is 10.2 Å². The average molecular weight is 367 g/mol. The van der Waals surface area contributed by atoms with E-state index in [2.05, 4.69) is 16.3 Å². The van der Waals surface area contributed by atoms with Gasteiger partial charge in [0.2, 0.25) is 5.91 Å². The Balaban J connectivity index is 1.32. The highest BCUT2D eigenvalue weighted by atomic mass is 32.1. The second-order valence-corrected chi connectivity index (χ2v) is 7.75. The first-order valence-corrected chi connectivity index (χ1v) is 9.66. The highest BCUT2D eigenvalue weighted by molar-refractivity contribution is 7.18. The standard InChI is InChI=1S/C20H21N3O2S/c24-17-7-3-1-5-15(17)22-20(25)14-9-11-23(12-10-14)13-19-21-16-6-2-4-8-18(16)26-19/h1-8,14,24H,9-13H2,(H,22,25). The van der Waals surface area contributed by atoms with Gasteiger partial charge < -0.3 is 10.4 Å².